The van der Waals surface area contributed by atoms with E-state index in [2.05, 4.69) is 15.6 Å². The van der Waals surface area contributed by atoms with Crippen LogP contribution in [0.5, 0.6) is 5.75 Å². The first-order valence-corrected chi connectivity index (χ1v) is 13.1. The number of Topliss-reactive ketones (excluding diaryl/α,β-unsaturated/α-hetero) is 1. The van der Waals surface area contributed by atoms with Crippen LogP contribution >= 0.6 is 0 Å². The number of carbonyl (C=O) groups excluding carboxylic acids is 4. The van der Waals surface area contributed by atoms with Crippen molar-refractivity contribution in [2.75, 3.05) is 18.5 Å². The highest BCUT2D eigenvalue weighted by Gasteiger charge is 2.44. The number of aromatic nitrogens is 1. The van der Waals surface area contributed by atoms with Crippen molar-refractivity contribution in [1.82, 2.24) is 10.3 Å². The smallest absolute Gasteiger partial charge is 0.464 e. The van der Waals surface area contributed by atoms with Crippen LogP contribution in [0.1, 0.15) is 67.4 Å². The average Bonchev–Trinajstić information content (AvgIpc) is 3.70. The van der Waals surface area contributed by atoms with Crippen molar-refractivity contribution in [2.24, 2.45) is 11.7 Å². The monoisotopic (exact) mass is 569 g/mol. The maximum Gasteiger partial charge on any atom is 0.513 e. The number of pyridine rings is 1. The molecule has 12 nitrogen and oxygen atoms in total. The Morgan fingerprint density at radius 2 is 1.90 bits per heavy atom. The summed E-state index contributed by atoms with van der Waals surface area (Å²) >= 11 is 0. The van der Waals surface area contributed by atoms with Crippen LogP contribution in [0, 0.1) is 23.1 Å². The number of nitrogens with two attached hydrogens (primary N) is 1. The summed E-state index contributed by atoms with van der Waals surface area (Å²) in [5, 5.41) is 14.1. The van der Waals surface area contributed by atoms with E-state index in [0.717, 1.165) is 6.07 Å². The SMILES string of the molecule is CCC(=O)c1ccc(F)c([C@@H]2C[C@@H]2NC(=O)Nc2ccc(C#N)cn2)c1OC(=O)OCCCOC(=O)C(N)C(C)C. The van der Waals surface area contributed by atoms with Crippen LogP contribution in [0.25, 0.3) is 0 Å². The number of benzene rings is 1. The molecule has 2 aromatic rings. The number of halogens is 1. The molecule has 0 spiro atoms. The Bertz CT molecular complexity index is 1330. The second-order valence-electron chi connectivity index (χ2n) is 9.70. The number of amides is 2. The van der Waals surface area contributed by atoms with Crippen molar-refractivity contribution >= 4 is 29.8 Å². The van der Waals surface area contributed by atoms with Gasteiger partial charge in [-0.1, -0.05) is 20.8 Å². The molecule has 1 aromatic carbocycles. The summed E-state index contributed by atoms with van der Waals surface area (Å²) in [6.45, 7) is 4.98. The van der Waals surface area contributed by atoms with Crippen molar-refractivity contribution in [3.8, 4) is 11.8 Å². The van der Waals surface area contributed by atoms with E-state index in [1.807, 2.05) is 6.07 Å². The number of rotatable bonds is 12. The molecule has 13 heteroatoms. The number of carbonyl (C=O) groups is 4. The number of ether oxygens (including phenoxy) is 3. The molecule has 0 aliphatic heterocycles. The zero-order valence-corrected chi connectivity index (χ0v) is 22.9. The third kappa shape index (κ3) is 8.46. The van der Waals surface area contributed by atoms with Gasteiger partial charge in [-0.15, -0.1) is 0 Å². The molecule has 3 rings (SSSR count). The maximum atomic E-state index is 15.1. The zero-order valence-electron chi connectivity index (χ0n) is 22.9. The largest absolute Gasteiger partial charge is 0.513 e. The van der Waals surface area contributed by atoms with Crippen LogP contribution in [0.2, 0.25) is 0 Å². The number of esters is 1. The van der Waals surface area contributed by atoms with Crippen LogP contribution in [-0.4, -0.2) is 54.2 Å². The van der Waals surface area contributed by atoms with Crippen molar-refractivity contribution in [1.29, 1.82) is 5.26 Å². The summed E-state index contributed by atoms with van der Waals surface area (Å²) in [5.74, 6) is -2.38. The fraction of sp³-hybridized carbons (Fsp3) is 0.429. The van der Waals surface area contributed by atoms with E-state index in [9.17, 15) is 19.2 Å². The molecule has 218 valence electrons. The van der Waals surface area contributed by atoms with E-state index in [1.54, 1.807) is 20.8 Å². The van der Waals surface area contributed by atoms with Gasteiger partial charge in [0.25, 0.3) is 0 Å². The molecule has 2 amide bonds. The molecule has 1 fully saturated rings. The van der Waals surface area contributed by atoms with E-state index in [4.69, 9.17) is 25.2 Å². The van der Waals surface area contributed by atoms with E-state index in [1.165, 1.54) is 24.4 Å². The number of urea groups is 1. The fourth-order valence-electron chi connectivity index (χ4n) is 3.84. The molecule has 1 aromatic heterocycles. The molecule has 1 aliphatic rings. The van der Waals surface area contributed by atoms with E-state index < -0.39 is 42.0 Å². The second-order valence-corrected chi connectivity index (χ2v) is 9.70. The van der Waals surface area contributed by atoms with Gasteiger partial charge < -0.3 is 25.3 Å². The summed E-state index contributed by atoms with van der Waals surface area (Å²) in [5.41, 5.74) is 6.03. The predicted molar refractivity (Wildman–Crippen MR) is 144 cm³/mol. The van der Waals surface area contributed by atoms with Gasteiger partial charge in [0.05, 0.1) is 24.3 Å². The van der Waals surface area contributed by atoms with Crippen LogP contribution in [0.3, 0.4) is 0 Å². The van der Waals surface area contributed by atoms with Gasteiger partial charge in [0.15, 0.2) is 11.5 Å². The lowest BCUT2D eigenvalue weighted by Crippen LogP contribution is -2.37. The summed E-state index contributed by atoms with van der Waals surface area (Å²) in [4.78, 5) is 53.2. The standard InChI is InChI=1S/C28H32FN5O7/c1-4-21(35)17-7-8-19(29)23(18-12-20(18)33-27(37)34-22-9-6-16(13-30)14-32-22)25(17)41-28(38)40-11-5-10-39-26(36)24(31)15(2)3/h6-9,14-15,18,20,24H,4-5,10-12,31H2,1-3H3,(H2,32,33,34,37)/t18-,20+,24?/m1/s1. The molecule has 0 saturated heterocycles. The number of nitriles is 1. The van der Waals surface area contributed by atoms with Gasteiger partial charge in [-0.25, -0.2) is 19.0 Å². The number of ketones is 1. The molecule has 4 N–H and O–H groups in total. The van der Waals surface area contributed by atoms with Gasteiger partial charge in [-0.05, 0) is 36.6 Å². The average molecular weight is 570 g/mol. The predicted octanol–water partition coefficient (Wildman–Crippen LogP) is 3.79. The Balaban J connectivity index is 1.63. The first-order valence-electron chi connectivity index (χ1n) is 13.1. The normalized spacial score (nSPS) is 16.2. The van der Waals surface area contributed by atoms with Crippen molar-refractivity contribution in [2.45, 2.75) is 58.0 Å². The number of hydrogen-bond acceptors (Lipinski definition) is 10. The van der Waals surface area contributed by atoms with E-state index >= 15 is 4.39 Å². The van der Waals surface area contributed by atoms with E-state index in [0.29, 0.717) is 12.0 Å². The molecule has 1 saturated carbocycles. The summed E-state index contributed by atoms with van der Waals surface area (Å²) < 4.78 is 30.5. The lowest BCUT2D eigenvalue weighted by atomic mass is 10.00. The molecule has 1 unspecified atom stereocenters. The Kier molecular flexibility index (Phi) is 10.7. The summed E-state index contributed by atoms with van der Waals surface area (Å²) in [7, 11) is 0. The molecule has 41 heavy (non-hydrogen) atoms. The van der Waals surface area contributed by atoms with Gasteiger partial charge in [0, 0.05) is 36.6 Å². The van der Waals surface area contributed by atoms with E-state index in [-0.39, 0.29) is 60.5 Å². The zero-order chi connectivity index (χ0) is 30.1. The summed E-state index contributed by atoms with van der Waals surface area (Å²) in [6.07, 6.45) is 0.706. The first kappa shape index (κ1) is 31.0. The molecule has 3 atom stereocenters. The third-order valence-corrected chi connectivity index (χ3v) is 6.31. The summed E-state index contributed by atoms with van der Waals surface area (Å²) in [6, 6.07) is 5.35. The van der Waals surface area contributed by atoms with Gasteiger partial charge in [-0.3, -0.25) is 14.9 Å². The Labute approximate surface area is 236 Å². The van der Waals surface area contributed by atoms with Crippen molar-refractivity contribution in [3.05, 3.63) is 53.0 Å². The molecule has 0 bridgehead atoms. The minimum atomic E-state index is -1.16. The van der Waals surface area contributed by atoms with Gasteiger partial charge in [0.2, 0.25) is 0 Å². The topological polar surface area (TPSA) is 183 Å². The van der Waals surface area contributed by atoms with Crippen LogP contribution in [-0.2, 0) is 14.3 Å². The molecule has 0 radical (unpaired) electrons. The Morgan fingerprint density at radius 1 is 1.17 bits per heavy atom. The minimum absolute atomic E-state index is 0.00865. The highest BCUT2D eigenvalue weighted by molar-refractivity contribution is 5.99. The number of nitrogens with one attached hydrogen (secondary N) is 2. The molecule has 1 aliphatic carbocycles. The second kappa shape index (κ2) is 14.2. The molecular formula is C28H32FN5O7. The lowest BCUT2D eigenvalue weighted by molar-refractivity contribution is -0.146. The number of hydrogen-bond donors (Lipinski definition) is 3. The fourth-order valence-corrected chi connectivity index (χ4v) is 3.84. The Hall–Kier alpha value is -4.57. The van der Waals surface area contributed by atoms with Gasteiger partial charge >= 0.3 is 18.2 Å². The molecule has 1 heterocycles. The number of anilines is 1. The minimum Gasteiger partial charge on any atom is -0.464 e. The van der Waals surface area contributed by atoms with Crippen molar-refractivity contribution < 1.29 is 37.8 Å². The quantitative estimate of drug-likeness (QED) is 0.147. The van der Waals surface area contributed by atoms with Crippen LogP contribution < -0.4 is 21.1 Å². The molecular weight excluding hydrogens is 537 g/mol. The third-order valence-electron chi connectivity index (χ3n) is 6.31. The first-order chi connectivity index (χ1) is 19.5. The highest BCUT2D eigenvalue weighted by Crippen LogP contribution is 2.47. The van der Waals surface area contributed by atoms with Gasteiger partial charge in [-0.2, -0.15) is 5.26 Å². The highest BCUT2D eigenvalue weighted by atomic mass is 19.1. The number of nitrogens with zero attached hydrogens (tertiary/aromatic N) is 2. The van der Waals surface area contributed by atoms with Crippen molar-refractivity contribution in [3.63, 3.8) is 0 Å². The van der Waals surface area contributed by atoms with Crippen LogP contribution in [0.15, 0.2) is 30.5 Å². The van der Waals surface area contributed by atoms with Crippen LogP contribution in [0.4, 0.5) is 19.8 Å². The van der Waals surface area contributed by atoms with Gasteiger partial charge in [0.1, 0.15) is 23.7 Å². The maximum absolute atomic E-state index is 15.1. The lowest BCUT2D eigenvalue weighted by Gasteiger charge is -2.16. The Morgan fingerprint density at radius 3 is 2.54 bits per heavy atom.